The van der Waals surface area contributed by atoms with Gasteiger partial charge in [0.15, 0.2) is 0 Å². The summed E-state index contributed by atoms with van der Waals surface area (Å²) in [6.45, 7) is 2.54. The van der Waals surface area contributed by atoms with Crippen molar-refractivity contribution in [1.82, 2.24) is 9.88 Å². The summed E-state index contributed by atoms with van der Waals surface area (Å²) < 4.78 is 5.18. The summed E-state index contributed by atoms with van der Waals surface area (Å²) in [4.78, 5) is 6.06. The molecule has 1 fully saturated rings. The molecule has 2 heterocycles. The highest BCUT2D eigenvalue weighted by atomic mass is 16.4. The predicted molar refractivity (Wildman–Crippen MR) is 51.4 cm³/mol. The molecular weight excluding hydrogens is 182 g/mol. The van der Waals surface area contributed by atoms with Gasteiger partial charge in [-0.3, -0.25) is 4.90 Å². The van der Waals surface area contributed by atoms with Crippen molar-refractivity contribution in [3.8, 4) is 0 Å². The van der Waals surface area contributed by atoms with E-state index < -0.39 is 0 Å². The summed E-state index contributed by atoms with van der Waals surface area (Å²) in [5, 5.41) is 9.31. The standard InChI is InChI=1S/C9H15N3O2/c10-9-11-5-8(14-9)6-12-3-1-7(13)2-4-12/h5,7,13H,1-4,6H2,(H2,10,11). The maximum atomic E-state index is 9.31. The van der Waals surface area contributed by atoms with Crippen molar-refractivity contribution >= 4 is 6.01 Å². The van der Waals surface area contributed by atoms with Crippen molar-refractivity contribution in [3.05, 3.63) is 12.0 Å². The van der Waals surface area contributed by atoms with Gasteiger partial charge in [-0.25, -0.2) is 4.98 Å². The number of anilines is 1. The summed E-state index contributed by atoms with van der Waals surface area (Å²) in [7, 11) is 0. The Hall–Kier alpha value is -1.07. The predicted octanol–water partition coefficient (Wildman–Crippen LogP) is 0.213. The third-order valence-electron chi connectivity index (χ3n) is 2.51. The van der Waals surface area contributed by atoms with Crippen LogP contribution in [0.5, 0.6) is 0 Å². The summed E-state index contributed by atoms with van der Waals surface area (Å²) in [6.07, 6.45) is 3.19. The van der Waals surface area contributed by atoms with E-state index in [1.807, 2.05) is 0 Å². The molecule has 0 bridgehead atoms. The molecule has 0 atom stereocenters. The Morgan fingerprint density at radius 3 is 2.86 bits per heavy atom. The lowest BCUT2D eigenvalue weighted by atomic mass is 10.1. The van der Waals surface area contributed by atoms with Gasteiger partial charge in [-0.2, -0.15) is 0 Å². The average Bonchev–Trinajstić information content (AvgIpc) is 2.56. The van der Waals surface area contributed by atoms with E-state index in [0.717, 1.165) is 38.2 Å². The lowest BCUT2D eigenvalue weighted by Gasteiger charge is -2.28. The minimum absolute atomic E-state index is 0.133. The van der Waals surface area contributed by atoms with Gasteiger partial charge in [-0.15, -0.1) is 0 Å². The number of nitrogens with two attached hydrogens (primary N) is 1. The molecule has 0 unspecified atom stereocenters. The van der Waals surface area contributed by atoms with Gasteiger partial charge in [0.25, 0.3) is 6.01 Å². The number of nitrogen functional groups attached to an aromatic ring is 1. The molecule has 0 saturated carbocycles. The Labute approximate surface area is 82.5 Å². The van der Waals surface area contributed by atoms with Gasteiger partial charge in [0.2, 0.25) is 0 Å². The van der Waals surface area contributed by atoms with E-state index in [1.165, 1.54) is 0 Å². The van der Waals surface area contributed by atoms with E-state index >= 15 is 0 Å². The molecule has 14 heavy (non-hydrogen) atoms. The first-order valence-corrected chi connectivity index (χ1v) is 4.84. The molecule has 0 radical (unpaired) electrons. The van der Waals surface area contributed by atoms with Crippen molar-refractivity contribution in [3.63, 3.8) is 0 Å². The molecule has 5 nitrogen and oxygen atoms in total. The minimum Gasteiger partial charge on any atom is -0.428 e. The number of aliphatic hydroxyl groups excluding tert-OH is 1. The highest BCUT2D eigenvalue weighted by Crippen LogP contribution is 2.14. The molecule has 1 aliphatic heterocycles. The highest BCUT2D eigenvalue weighted by molar-refractivity contribution is 5.10. The molecule has 0 aromatic carbocycles. The van der Waals surface area contributed by atoms with E-state index in [-0.39, 0.29) is 12.1 Å². The van der Waals surface area contributed by atoms with Gasteiger partial charge >= 0.3 is 0 Å². The van der Waals surface area contributed by atoms with Crippen molar-refractivity contribution in [2.24, 2.45) is 0 Å². The van der Waals surface area contributed by atoms with Gasteiger partial charge in [0.1, 0.15) is 5.76 Å². The minimum atomic E-state index is -0.133. The van der Waals surface area contributed by atoms with Crippen LogP contribution < -0.4 is 5.73 Å². The van der Waals surface area contributed by atoms with E-state index in [2.05, 4.69) is 9.88 Å². The summed E-state index contributed by atoms with van der Waals surface area (Å²) in [5.41, 5.74) is 5.37. The number of rotatable bonds is 2. The number of likely N-dealkylation sites (tertiary alicyclic amines) is 1. The van der Waals surface area contributed by atoms with Crippen LogP contribution in [-0.2, 0) is 6.54 Å². The number of nitrogens with zero attached hydrogens (tertiary/aromatic N) is 2. The van der Waals surface area contributed by atoms with Gasteiger partial charge < -0.3 is 15.3 Å². The van der Waals surface area contributed by atoms with Crippen LogP contribution in [0.25, 0.3) is 0 Å². The van der Waals surface area contributed by atoms with Crippen molar-refractivity contribution in [2.75, 3.05) is 18.8 Å². The van der Waals surface area contributed by atoms with Crippen LogP contribution in [0, 0.1) is 0 Å². The SMILES string of the molecule is Nc1ncc(CN2CCC(O)CC2)o1. The fourth-order valence-electron chi connectivity index (χ4n) is 1.69. The van der Waals surface area contributed by atoms with E-state index in [9.17, 15) is 5.11 Å². The lowest BCUT2D eigenvalue weighted by molar-refractivity contribution is 0.0761. The van der Waals surface area contributed by atoms with Crippen molar-refractivity contribution in [1.29, 1.82) is 0 Å². The van der Waals surface area contributed by atoms with Gasteiger partial charge in [-0.05, 0) is 12.8 Å². The number of piperidine rings is 1. The van der Waals surface area contributed by atoms with Crippen molar-refractivity contribution in [2.45, 2.75) is 25.5 Å². The van der Waals surface area contributed by atoms with Crippen molar-refractivity contribution < 1.29 is 9.52 Å². The van der Waals surface area contributed by atoms with Crippen LogP contribution in [-0.4, -0.2) is 34.2 Å². The summed E-state index contributed by atoms with van der Waals surface area (Å²) in [5.74, 6) is 0.791. The Morgan fingerprint density at radius 1 is 1.57 bits per heavy atom. The second-order valence-electron chi connectivity index (χ2n) is 3.67. The topological polar surface area (TPSA) is 75.5 Å². The molecule has 0 amide bonds. The smallest absolute Gasteiger partial charge is 0.292 e. The Morgan fingerprint density at radius 2 is 2.29 bits per heavy atom. The number of hydrogen-bond donors (Lipinski definition) is 2. The van der Waals surface area contributed by atoms with E-state index in [1.54, 1.807) is 6.20 Å². The summed E-state index contributed by atoms with van der Waals surface area (Å²) >= 11 is 0. The zero-order valence-electron chi connectivity index (χ0n) is 8.02. The molecule has 5 heteroatoms. The molecule has 2 rings (SSSR count). The lowest BCUT2D eigenvalue weighted by Crippen LogP contribution is -2.35. The first kappa shape index (κ1) is 9.48. The third-order valence-corrected chi connectivity index (χ3v) is 2.51. The van der Waals surface area contributed by atoms with Gasteiger partial charge in [-0.1, -0.05) is 0 Å². The normalized spacial score (nSPS) is 20.1. The van der Waals surface area contributed by atoms with Crippen LogP contribution in [0.15, 0.2) is 10.6 Å². The molecule has 78 valence electrons. The van der Waals surface area contributed by atoms with E-state index in [4.69, 9.17) is 10.2 Å². The zero-order valence-corrected chi connectivity index (χ0v) is 8.02. The van der Waals surface area contributed by atoms with Gasteiger partial charge in [0.05, 0.1) is 18.8 Å². The summed E-state index contributed by atoms with van der Waals surface area (Å²) in [6, 6.07) is 0.219. The molecule has 1 saturated heterocycles. The van der Waals surface area contributed by atoms with Crippen LogP contribution >= 0.6 is 0 Å². The maximum absolute atomic E-state index is 9.31. The fourth-order valence-corrected chi connectivity index (χ4v) is 1.69. The van der Waals surface area contributed by atoms with Crippen LogP contribution in [0.2, 0.25) is 0 Å². The molecule has 1 aliphatic rings. The number of aliphatic hydroxyl groups is 1. The maximum Gasteiger partial charge on any atom is 0.292 e. The Bertz CT molecular complexity index is 292. The van der Waals surface area contributed by atoms with Gasteiger partial charge in [0, 0.05) is 13.1 Å². The number of oxazole rings is 1. The average molecular weight is 197 g/mol. The molecule has 0 spiro atoms. The van der Waals surface area contributed by atoms with E-state index in [0.29, 0.717) is 0 Å². The molecule has 3 N–H and O–H groups in total. The highest BCUT2D eigenvalue weighted by Gasteiger charge is 2.17. The fraction of sp³-hybridized carbons (Fsp3) is 0.667. The molecule has 1 aromatic rings. The molecular formula is C9H15N3O2. The Balaban J connectivity index is 1.86. The Kier molecular flexibility index (Phi) is 2.69. The number of aromatic nitrogens is 1. The second kappa shape index (κ2) is 3.98. The molecule has 1 aromatic heterocycles. The zero-order chi connectivity index (χ0) is 9.97. The van der Waals surface area contributed by atoms with Crippen LogP contribution in [0.3, 0.4) is 0 Å². The number of hydrogen-bond acceptors (Lipinski definition) is 5. The van der Waals surface area contributed by atoms with Crippen LogP contribution in [0.1, 0.15) is 18.6 Å². The third kappa shape index (κ3) is 2.24. The van der Waals surface area contributed by atoms with Crippen LogP contribution in [0.4, 0.5) is 6.01 Å². The first-order chi connectivity index (χ1) is 6.74. The second-order valence-corrected chi connectivity index (χ2v) is 3.67. The monoisotopic (exact) mass is 197 g/mol. The molecule has 0 aliphatic carbocycles. The first-order valence-electron chi connectivity index (χ1n) is 4.84. The quantitative estimate of drug-likeness (QED) is 0.709. The largest absolute Gasteiger partial charge is 0.428 e.